The molecule has 152 valence electrons. The molecule has 1 aliphatic rings. The van der Waals surface area contributed by atoms with E-state index in [1.165, 1.54) is 11.3 Å². The second-order valence-corrected chi connectivity index (χ2v) is 8.60. The topological polar surface area (TPSA) is 67.4 Å². The number of benzene rings is 1. The second kappa shape index (κ2) is 9.41. The minimum absolute atomic E-state index is 0.278. The number of hydrogen-bond donors (Lipinski definition) is 1. The van der Waals surface area contributed by atoms with Gasteiger partial charge in [0.25, 0.3) is 0 Å². The van der Waals surface area contributed by atoms with Gasteiger partial charge in [-0.3, -0.25) is 4.98 Å². The fourth-order valence-electron chi connectivity index (χ4n) is 3.59. The first-order valence-electron chi connectivity index (χ1n) is 9.76. The Hall–Kier alpha value is -2.38. The molecule has 8 heteroatoms. The van der Waals surface area contributed by atoms with Crippen LogP contribution < -0.4 is 10.2 Å². The van der Waals surface area contributed by atoms with Crippen molar-refractivity contribution in [1.29, 1.82) is 0 Å². The fraction of sp³-hybridized carbons (Fsp3) is 0.381. The molecule has 1 aliphatic heterocycles. The van der Waals surface area contributed by atoms with Crippen molar-refractivity contribution in [3.63, 3.8) is 0 Å². The van der Waals surface area contributed by atoms with Crippen LogP contribution in [-0.2, 0) is 11.3 Å². The van der Waals surface area contributed by atoms with Crippen molar-refractivity contribution in [3.05, 3.63) is 51.9 Å². The van der Waals surface area contributed by atoms with Crippen LogP contribution in [0.3, 0.4) is 0 Å². The van der Waals surface area contributed by atoms with Crippen LogP contribution in [0.1, 0.15) is 24.1 Å². The molecule has 0 bridgehead atoms. The van der Waals surface area contributed by atoms with Gasteiger partial charge in [-0.05, 0) is 55.5 Å². The lowest BCUT2D eigenvalue weighted by Crippen LogP contribution is -2.35. The van der Waals surface area contributed by atoms with E-state index in [9.17, 15) is 4.79 Å². The molecule has 0 unspecified atom stereocenters. The lowest BCUT2D eigenvalue weighted by molar-refractivity contribution is 0.140. The quantitative estimate of drug-likeness (QED) is 0.603. The number of pyridine rings is 1. The molecular formula is C21H23ClN4O2S. The largest absolute Gasteiger partial charge is 0.444 e. The minimum atomic E-state index is -0.365. The standard InChI is InChI=1S/C21H23ClN4O2S/c22-17-2-3-19-16(11-17)1-4-20(25-19)26-9-6-15(7-10-26)5-8-24-21(27)28-13-18-12-23-14-29-18/h1-4,11-12,14-15H,5-10,13H2,(H,24,27). The number of rotatable bonds is 6. The number of fused-ring (bicyclic) bond motifs is 1. The van der Waals surface area contributed by atoms with Crippen molar-refractivity contribution in [3.8, 4) is 0 Å². The van der Waals surface area contributed by atoms with Gasteiger partial charge in [0.15, 0.2) is 0 Å². The molecule has 0 saturated carbocycles. The highest BCUT2D eigenvalue weighted by Gasteiger charge is 2.20. The van der Waals surface area contributed by atoms with Gasteiger partial charge in [0.2, 0.25) is 0 Å². The molecule has 3 heterocycles. The molecule has 1 amide bonds. The number of nitrogens with zero attached hydrogens (tertiary/aromatic N) is 3. The van der Waals surface area contributed by atoms with Gasteiger partial charge in [-0.1, -0.05) is 11.6 Å². The number of thiazole rings is 1. The summed E-state index contributed by atoms with van der Waals surface area (Å²) in [4.78, 5) is 23.8. The Morgan fingerprint density at radius 1 is 1.28 bits per heavy atom. The molecular weight excluding hydrogens is 408 g/mol. The summed E-state index contributed by atoms with van der Waals surface area (Å²) in [5, 5.41) is 4.64. The first-order chi connectivity index (χ1) is 14.2. The van der Waals surface area contributed by atoms with Crippen molar-refractivity contribution < 1.29 is 9.53 Å². The number of nitrogens with one attached hydrogen (secondary N) is 1. The van der Waals surface area contributed by atoms with Crippen LogP contribution >= 0.6 is 22.9 Å². The first-order valence-corrected chi connectivity index (χ1v) is 11.0. The van der Waals surface area contributed by atoms with Crippen molar-refractivity contribution in [2.24, 2.45) is 5.92 Å². The molecule has 0 radical (unpaired) electrons. The number of ether oxygens (including phenoxy) is 1. The maximum Gasteiger partial charge on any atom is 0.407 e. The van der Waals surface area contributed by atoms with E-state index in [0.717, 1.165) is 59.0 Å². The maximum absolute atomic E-state index is 11.8. The lowest BCUT2D eigenvalue weighted by Gasteiger charge is -2.33. The van der Waals surface area contributed by atoms with Crippen molar-refractivity contribution >= 4 is 45.8 Å². The Morgan fingerprint density at radius 2 is 2.14 bits per heavy atom. The average Bonchev–Trinajstić information content (AvgIpc) is 3.26. The zero-order valence-electron chi connectivity index (χ0n) is 16.0. The lowest BCUT2D eigenvalue weighted by atomic mass is 9.93. The summed E-state index contributed by atoms with van der Waals surface area (Å²) in [6.07, 6.45) is 4.50. The molecule has 29 heavy (non-hydrogen) atoms. The van der Waals surface area contributed by atoms with Gasteiger partial charge in [-0.25, -0.2) is 9.78 Å². The van der Waals surface area contributed by atoms with Gasteiger partial charge in [0.1, 0.15) is 12.4 Å². The van der Waals surface area contributed by atoms with Crippen LogP contribution in [0.15, 0.2) is 42.0 Å². The first kappa shape index (κ1) is 19.9. The van der Waals surface area contributed by atoms with Crippen LogP contribution in [0.5, 0.6) is 0 Å². The molecule has 0 spiro atoms. The number of amides is 1. The van der Waals surface area contributed by atoms with E-state index < -0.39 is 0 Å². The van der Waals surface area contributed by atoms with Crippen LogP contribution in [0.4, 0.5) is 10.6 Å². The molecule has 1 aromatic carbocycles. The number of carbonyl (C=O) groups is 1. The third-order valence-electron chi connectivity index (χ3n) is 5.23. The summed E-state index contributed by atoms with van der Waals surface area (Å²) in [6.45, 7) is 2.88. The molecule has 3 aromatic rings. The number of carbonyl (C=O) groups excluding carboxylic acids is 1. The fourth-order valence-corrected chi connectivity index (χ4v) is 4.28. The van der Waals surface area contributed by atoms with Gasteiger partial charge in [0, 0.05) is 36.2 Å². The Labute approximate surface area is 178 Å². The monoisotopic (exact) mass is 430 g/mol. The normalized spacial score (nSPS) is 14.9. The Morgan fingerprint density at radius 3 is 2.93 bits per heavy atom. The van der Waals surface area contributed by atoms with E-state index in [4.69, 9.17) is 21.3 Å². The number of anilines is 1. The molecule has 1 fully saturated rings. The maximum atomic E-state index is 11.8. The Balaban J connectivity index is 1.19. The van der Waals surface area contributed by atoms with Crippen molar-refractivity contribution in [1.82, 2.24) is 15.3 Å². The predicted molar refractivity (Wildman–Crippen MR) is 117 cm³/mol. The Bertz CT molecular complexity index is 958. The summed E-state index contributed by atoms with van der Waals surface area (Å²) in [6, 6.07) is 9.93. The summed E-state index contributed by atoms with van der Waals surface area (Å²) in [5.74, 6) is 1.62. The molecule has 0 atom stereocenters. The number of halogens is 1. The van der Waals surface area contributed by atoms with Crippen LogP contribution in [0.2, 0.25) is 5.02 Å². The number of aromatic nitrogens is 2. The number of piperidine rings is 1. The number of alkyl carbamates (subject to hydrolysis) is 1. The van der Waals surface area contributed by atoms with Crippen LogP contribution in [0.25, 0.3) is 10.9 Å². The zero-order valence-corrected chi connectivity index (χ0v) is 17.6. The zero-order chi connectivity index (χ0) is 20.1. The third kappa shape index (κ3) is 5.36. The molecule has 6 nitrogen and oxygen atoms in total. The summed E-state index contributed by atoms with van der Waals surface area (Å²) in [5.41, 5.74) is 2.70. The van der Waals surface area contributed by atoms with E-state index >= 15 is 0 Å². The van der Waals surface area contributed by atoms with E-state index in [2.05, 4.69) is 27.3 Å². The molecule has 1 saturated heterocycles. The average molecular weight is 431 g/mol. The molecule has 0 aliphatic carbocycles. The van der Waals surface area contributed by atoms with Crippen molar-refractivity contribution in [2.45, 2.75) is 25.9 Å². The van der Waals surface area contributed by atoms with E-state index in [1.807, 2.05) is 18.2 Å². The molecule has 1 N–H and O–H groups in total. The molecule has 2 aromatic heterocycles. The Kier molecular flexibility index (Phi) is 6.46. The third-order valence-corrected chi connectivity index (χ3v) is 6.21. The smallest absolute Gasteiger partial charge is 0.407 e. The number of hydrogen-bond acceptors (Lipinski definition) is 6. The highest BCUT2D eigenvalue weighted by atomic mass is 35.5. The predicted octanol–water partition coefficient (Wildman–Crippen LogP) is 4.88. The van der Waals surface area contributed by atoms with Gasteiger partial charge >= 0.3 is 6.09 Å². The van der Waals surface area contributed by atoms with Crippen LogP contribution in [-0.4, -0.2) is 35.7 Å². The van der Waals surface area contributed by atoms with Crippen LogP contribution in [0, 0.1) is 5.92 Å². The summed E-state index contributed by atoms with van der Waals surface area (Å²) in [7, 11) is 0. The van der Waals surface area contributed by atoms with Gasteiger partial charge < -0.3 is 15.0 Å². The SMILES string of the molecule is O=C(NCCC1CCN(c2ccc3cc(Cl)ccc3n2)CC1)OCc1cncs1. The summed E-state index contributed by atoms with van der Waals surface area (Å²) < 4.78 is 5.19. The summed E-state index contributed by atoms with van der Waals surface area (Å²) >= 11 is 7.53. The highest BCUT2D eigenvalue weighted by molar-refractivity contribution is 7.09. The van der Waals surface area contributed by atoms with Gasteiger partial charge in [-0.2, -0.15) is 0 Å². The van der Waals surface area contributed by atoms with Gasteiger partial charge in [0.05, 0.1) is 15.9 Å². The highest BCUT2D eigenvalue weighted by Crippen LogP contribution is 2.26. The van der Waals surface area contributed by atoms with E-state index in [0.29, 0.717) is 12.5 Å². The molecule has 4 rings (SSSR count). The second-order valence-electron chi connectivity index (χ2n) is 7.20. The minimum Gasteiger partial charge on any atom is -0.444 e. The van der Waals surface area contributed by atoms with E-state index in [-0.39, 0.29) is 12.7 Å². The van der Waals surface area contributed by atoms with E-state index in [1.54, 1.807) is 11.7 Å². The van der Waals surface area contributed by atoms with Crippen molar-refractivity contribution in [2.75, 3.05) is 24.5 Å². The van der Waals surface area contributed by atoms with Gasteiger partial charge in [-0.15, -0.1) is 11.3 Å².